The molecular weight excluding hydrogens is 254 g/mol. The Labute approximate surface area is 119 Å². The van der Waals surface area contributed by atoms with Crippen molar-refractivity contribution in [3.63, 3.8) is 0 Å². The quantitative estimate of drug-likeness (QED) is 0.791. The maximum Gasteiger partial charge on any atom is 0.251 e. The summed E-state index contributed by atoms with van der Waals surface area (Å²) in [6.45, 7) is 2.45. The van der Waals surface area contributed by atoms with Crippen molar-refractivity contribution in [3.05, 3.63) is 29.3 Å². The fourth-order valence-corrected chi connectivity index (χ4v) is 2.96. The molecule has 0 unspecified atom stereocenters. The zero-order valence-electron chi connectivity index (χ0n) is 12.0. The van der Waals surface area contributed by atoms with Crippen molar-refractivity contribution in [3.8, 4) is 5.75 Å². The van der Waals surface area contributed by atoms with E-state index >= 15 is 0 Å². The molecule has 110 valence electrons. The van der Waals surface area contributed by atoms with Gasteiger partial charge in [0.2, 0.25) is 0 Å². The lowest BCUT2D eigenvalue weighted by Gasteiger charge is -2.35. The summed E-state index contributed by atoms with van der Waals surface area (Å²) in [5.41, 5.74) is 1.18. The molecule has 0 saturated heterocycles. The van der Waals surface area contributed by atoms with Gasteiger partial charge < -0.3 is 15.5 Å². The van der Waals surface area contributed by atoms with Gasteiger partial charge in [-0.2, -0.15) is 0 Å². The van der Waals surface area contributed by atoms with Gasteiger partial charge in [-0.1, -0.05) is 19.3 Å². The maximum atomic E-state index is 12.2. The summed E-state index contributed by atoms with van der Waals surface area (Å²) in [7, 11) is 0. The monoisotopic (exact) mass is 277 g/mol. The first-order chi connectivity index (χ1) is 9.56. The zero-order chi connectivity index (χ0) is 14.6. The zero-order valence-corrected chi connectivity index (χ0v) is 12.0. The smallest absolute Gasteiger partial charge is 0.251 e. The third kappa shape index (κ3) is 3.31. The van der Waals surface area contributed by atoms with E-state index in [0.717, 1.165) is 31.2 Å². The van der Waals surface area contributed by atoms with Crippen LogP contribution in [0.3, 0.4) is 0 Å². The van der Waals surface area contributed by atoms with Crippen LogP contribution in [-0.4, -0.2) is 29.3 Å². The van der Waals surface area contributed by atoms with Gasteiger partial charge in [-0.3, -0.25) is 4.79 Å². The lowest BCUT2D eigenvalue weighted by Crippen LogP contribution is -2.41. The van der Waals surface area contributed by atoms with Crippen LogP contribution in [0.15, 0.2) is 18.2 Å². The highest BCUT2D eigenvalue weighted by molar-refractivity contribution is 5.95. The van der Waals surface area contributed by atoms with Crippen LogP contribution in [0.5, 0.6) is 5.75 Å². The van der Waals surface area contributed by atoms with Gasteiger partial charge in [0, 0.05) is 17.5 Å². The summed E-state index contributed by atoms with van der Waals surface area (Å²) in [6, 6.07) is 4.73. The number of rotatable bonds is 4. The second kappa shape index (κ2) is 6.27. The fourth-order valence-electron chi connectivity index (χ4n) is 2.96. The van der Waals surface area contributed by atoms with Crippen LogP contribution in [-0.2, 0) is 0 Å². The van der Waals surface area contributed by atoms with E-state index < -0.39 is 0 Å². The van der Waals surface area contributed by atoms with Crippen LogP contribution < -0.4 is 5.32 Å². The summed E-state index contributed by atoms with van der Waals surface area (Å²) in [5, 5.41) is 21.9. The number of aliphatic hydroxyl groups excluding tert-OH is 1. The second-order valence-corrected chi connectivity index (χ2v) is 5.90. The Kier molecular flexibility index (Phi) is 4.65. The van der Waals surface area contributed by atoms with Crippen LogP contribution in [0.25, 0.3) is 0 Å². The van der Waals surface area contributed by atoms with E-state index in [2.05, 4.69) is 5.32 Å². The molecule has 2 rings (SSSR count). The molecule has 3 N–H and O–H groups in total. The molecule has 4 heteroatoms. The number of nitrogens with one attached hydrogen (secondary N) is 1. The summed E-state index contributed by atoms with van der Waals surface area (Å²) in [6.07, 6.45) is 5.40. The first-order valence-electron chi connectivity index (χ1n) is 7.25. The number of aromatic hydroxyl groups is 1. The summed E-state index contributed by atoms with van der Waals surface area (Å²) in [5.74, 6) is 0.0269. The predicted octanol–water partition coefficient (Wildman–Crippen LogP) is 2.37. The van der Waals surface area contributed by atoms with Crippen molar-refractivity contribution in [2.24, 2.45) is 5.41 Å². The number of carbonyl (C=O) groups is 1. The number of aliphatic hydroxyl groups is 1. The number of aryl methyl sites for hydroxylation is 1. The van der Waals surface area contributed by atoms with Crippen LogP contribution in [0.2, 0.25) is 0 Å². The molecule has 0 radical (unpaired) electrons. The molecule has 0 aromatic heterocycles. The van der Waals surface area contributed by atoms with Crippen LogP contribution in [0.4, 0.5) is 0 Å². The van der Waals surface area contributed by atoms with Gasteiger partial charge in [0.15, 0.2) is 0 Å². The molecule has 1 aliphatic rings. The third-order valence-corrected chi connectivity index (χ3v) is 4.33. The lowest BCUT2D eigenvalue weighted by molar-refractivity contribution is 0.0717. The SMILES string of the molecule is Cc1cc(O)ccc1C(=O)NCC1(CO)CCCCC1. The van der Waals surface area contributed by atoms with E-state index in [4.69, 9.17) is 0 Å². The number of phenolic OH excluding ortho intramolecular Hbond substituents is 1. The largest absolute Gasteiger partial charge is 0.508 e. The number of amides is 1. The molecule has 0 bridgehead atoms. The van der Waals surface area contributed by atoms with E-state index in [0.29, 0.717) is 12.1 Å². The van der Waals surface area contributed by atoms with Crippen molar-refractivity contribution < 1.29 is 15.0 Å². The summed E-state index contributed by atoms with van der Waals surface area (Å²) < 4.78 is 0. The van der Waals surface area contributed by atoms with Crippen LogP contribution in [0.1, 0.15) is 48.0 Å². The molecule has 1 amide bonds. The van der Waals surface area contributed by atoms with Crippen molar-refractivity contribution in [2.45, 2.75) is 39.0 Å². The van der Waals surface area contributed by atoms with Gasteiger partial charge in [-0.25, -0.2) is 0 Å². The highest BCUT2D eigenvalue weighted by Gasteiger charge is 2.31. The van der Waals surface area contributed by atoms with E-state index in [1.54, 1.807) is 19.1 Å². The molecule has 0 atom stereocenters. The Balaban J connectivity index is 2.00. The Morgan fingerprint density at radius 3 is 2.60 bits per heavy atom. The first kappa shape index (κ1) is 14.9. The highest BCUT2D eigenvalue weighted by Crippen LogP contribution is 2.35. The average Bonchev–Trinajstić information content (AvgIpc) is 2.46. The molecule has 0 heterocycles. The first-order valence-corrected chi connectivity index (χ1v) is 7.25. The molecule has 20 heavy (non-hydrogen) atoms. The van der Waals surface area contributed by atoms with Crippen molar-refractivity contribution in [2.75, 3.05) is 13.2 Å². The topological polar surface area (TPSA) is 69.6 Å². The minimum absolute atomic E-state index is 0.127. The Bertz CT molecular complexity index is 479. The fraction of sp³-hybridized carbons (Fsp3) is 0.562. The Morgan fingerprint density at radius 1 is 1.30 bits per heavy atom. The molecule has 1 aromatic rings. The lowest BCUT2D eigenvalue weighted by atomic mass is 9.74. The molecule has 4 nitrogen and oxygen atoms in total. The van der Waals surface area contributed by atoms with Crippen molar-refractivity contribution in [1.82, 2.24) is 5.32 Å². The second-order valence-electron chi connectivity index (χ2n) is 5.90. The average molecular weight is 277 g/mol. The van der Waals surface area contributed by atoms with E-state index in [1.807, 2.05) is 0 Å². The third-order valence-electron chi connectivity index (χ3n) is 4.33. The molecule has 0 spiro atoms. The van der Waals surface area contributed by atoms with Crippen LogP contribution >= 0.6 is 0 Å². The van der Waals surface area contributed by atoms with Gasteiger partial charge in [-0.05, 0) is 43.5 Å². The minimum Gasteiger partial charge on any atom is -0.508 e. The van der Waals surface area contributed by atoms with Gasteiger partial charge in [0.1, 0.15) is 5.75 Å². The predicted molar refractivity (Wildman–Crippen MR) is 77.8 cm³/mol. The van der Waals surface area contributed by atoms with Crippen molar-refractivity contribution in [1.29, 1.82) is 0 Å². The van der Waals surface area contributed by atoms with Gasteiger partial charge in [-0.15, -0.1) is 0 Å². The normalized spacial score (nSPS) is 17.7. The standard InChI is InChI=1S/C16H23NO3/c1-12-9-13(19)5-6-14(12)15(20)17-10-16(11-18)7-3-2-4-8-16/h5-6,9,18-19H,2-4,7-8,10-11H2,1H3,(H,17,20). The number of hydrogen-bond donors (Lipinski definition) is 3. The van der Waals surface area contributed by atoms with E-state index in [1.165, 1.54) is 12.5 Å². The summed E-state index contributed by atoms with van der Waals surface area (Å²) in [4.78, 5) is 12.2. The van der Waals surface area contributed by atoms with E-state index in [9.17, 15) is 15.0 Å². The molecule has 1 aromatic carbocycles. The molecule has 1 fully saturated rings. The minimum atomic E-state index is -0.154. The van der Waals surface area contributed by atoms with Crippen LogP contribution in [0, 0.1) is 12.3 Å². The maximum absolute atomic E-state index is 12.2. The van der Waals surface area contributed by atoms with Gasteiger partial charge in [0.25, 0.3) is 5.91 Å². The highest BCUT2D eigenvalue weighted by atomic mass is 16.3. The van der Waals surface area contributed by atoms with Gasteiger partial charge in [0.05, 0.1) is 6.61 Å². The number of phenols is 1. The molecule has 0 aliphatic heterocycles. The molecule has 1 saturated carbocycles. The van der Waals surface area contributed by atoms with E-state index in [-0.39, 0.29) is 23.7 Å². The Morgan fingerprint density at radius 2 is 2.00 bits per heavy atom. The number of hydrogen-bond acceptors (Lipinski definition) is 3. The Hall–Kier alpha value is -1.55. The number of carbonyl (C=O) groups excluding carboxylic acids is 1. The van der Waals surface area contributed by atoms with Crippen molar-refractivity contribution >= 4 is 5.91 Å². The molecule has 1 aliphatic carbocycles. The molecular formula is C16H23NO3. The number of benzene rings is 1. The van der Waals surface area contributed by atoms with Gasteiger partial charge >= 0.3 is 0 Å². The summed E-state index contributed by atoms with van der Waals surface area (Å²) >= 11 is 0.